The number of nitrogens with one attached hydrogen (secondary N) is 2. The Morgan fingerprint density at radius 1 is 1.19 bits per heavy atom. The lowest BCUT2D eigenvalue weighted by Gasteiger charge is -2.31. The highest BCUT2D eigenvalue weighted by atomic mass is 16.2. The minimum Gasteiger partial charge on any atom is -0.361 e. The zero-order valence-corrected chi connectivity index (χ0v) is 15.4. The van der Waals surface area contributed by atoms with Gasteiger partial charge in [0.05, 0.1) is 0 Å². The van der Waals surface area contributed by atoms with Gasteiger partial charge in [-0.15, -0.1) is 0 Å². The molecule has 0 spiro atoms. The Balaban J connectivity index is 1.49. The first-order valence-corrected chi connectivity index (χ1v) is 9.53. The molecule has 2 fully saturated rings. The van der Waals surface area contributed by atoms with E-state index in [9.17, 15) is 14.4 Å². The average molecular weight is 368 g/mol. The SMILES string of the molecule is C[C@H](C(=O)N1CCCCC1)N1C(=O)N[C@H](Cc2c[nH]c3ccccc23)C1=O. The van der Waals surface area contributed by atoms with Crippen LogP contribution < -0.4 is 5.32 Å². The number of fused-ring (bicyclic) bond motifs is 1. The number of urea groups is 1. The summed E-state index contributed by atoms with van der Waals surface area (Å²) in [5.74, 6) is -0.478. The quantitative estimate of drug-likeness (QED) is 0.810. The number of piperidine rings is 1. The second-order valence-electron chi connectivity index (χ2n) is 7.34. The number of hydrogen-bond donors (Lipinski definition) is 2. The Kier molecular flexibility index (Phi) is 4.59. The number of carbonyl (C=O) groups excluding carboxylic acids is 3. The normalized spacial score (nSPS) is 21.6. The van der Waals surface area contributed by atoms with Gasteiger partial charge in [-0.05, 0) is 37.8 Å². The molecule has 0 unspecified atom stereocenters. The zero-order chi connectivity index (χ0) is 19.0. The van der Waals surface area contributed by atoms with E-state index in [0.717, 1.165) is 40.6 Å². The van der Waals surface area contributed by atoms with Crippen LogP contribution in [0.2, 0.25) is 0 Å². The lowest BCUT2D eigenvalue weighted by molar-refractivity contribution is -0.142. The molecule has 0 aliphatic carbocycles. The molecule has 27 heavy (non-hydrogen) atoms. The first-order chi connectivity index (χ1) is 13.1. The lowest BCUT2D eigenvalue weighted by Crippen LogP contribution is -2.51. The number of para-hydroxylation sites is 1. The third-order valence-corrected chi connectivity index (χ3v) is 5.56. The van der Waals surface area contributed by atoms with Crippen LogP contribution in [0.5, 0.6) is 0 Å². The fourth-order valence-electron chi connectivity index (χ4n) is 4.06. The van der Waals surface area contributed by atoms with Crippen LogP contribution in [0.3, 0.4) is 0 Å². The van der Waals surface area contributed by atoms with Gasteiger partial charge in [0.25, 0.3) is 5.91 Å². The maximum atomic E-state index is 12.9. The summed E-state index contributed by atoms with van der Waals surface area (Å²) in [7, 11) is 0. The number of imide groups is 1. The number of likely N-dealkylation sites (tertiary alicyclic amines) is 1. The number of benzene rings is 1. The van der Waals surface area contributed by atoms with Crippen LogP contribution in [-0.4, -0.2) is 57.8 Å². The maximum Gasteiger partial charge on any atom is 0.325 e. The number of aromatic nitrogens is 1. The molecule has 3 heterocycles. The van der Waals surface area contributed by atoms with Gasteiger partial charge in [0.15, 0.2) is 0 Å². The maximum absolute atomic E-state index is 12.9. The summed E-state index contributed by atoms with van der Waals surface area (Å²) >= 11 is 0. The molecule has 2 aliphatic rings. The first-order valence-electron chi connectivity index (χ1n) is 9.53. The van der Waals surface area contributed by atoms with E-state index >= 15 is 0 Å². The van der Waals surface area contributed by atoms with Crippen LogP contribution in [0.15, 0.2) is 30.5 Å². The Bertz CT molecular complexity index is 884. The fraction of sp³-hybridized carbons (Fsp3) is 0.450. The van der Waals surface area contributed by atoms with Crippen LogP contribution in [-0.2, 0) is 16.0 Å². The smallest absolute Gasteiger partial charge is 0.325 e. The van der Waals surface area contributed by atoms with Gasteiger partial charge in [-0.2, -0.15) is 0 Å². The van der Waals surface area contributed by atoms with Gasteiger partial charge in [0.1, 0.15) is 12.1 Å². The van der Waals surface area contributed by atoms with E-state index < -0.39 is 18.1 Å². The molecular formula is C20H24N4O3. The average Bonchev–Trinajstić information content (AvgIpc) is 3.22. The van der Waals surface area contributed by atoms with E-state index in [1.807, 2.05) is 30.5 Å². The van der Waals surface area contributed by atoms with Crippen LogP contribution in [0, 0.1) is 0 Å². The van der Waals surface area contributed by atoms with Gasteiger partial charge in [0, 0.05) is 36.6 Å². The third-order valence-electron chi connectivity index (χ3n) is 5.56. The van der Waals surface area contributed by atoms with Gasteiger partial charge in [-0.1, -0.05) is 18.2 Å². The van der Waals surface area contributed by atoms with Crippen molar-refractivity contribution in [1.29, 1.82) is 0 Å². The molecule has 1 aromatic carbocycles. The molecule has 2 saturated heterocycles. The standard InChI is InChI=1S/C20H24N4O3/c1-13(18(25)23-9-5-2-6-10-23)24-19(26)17(22-20(24)27)11-14-12-21-16-8-4-3-7-15(14)16/h3-4,7-8,12-13,17,21H,2,5-6,9-11H2,1H3,(H,22,27)/t13-,17-/m1/s1. The number of rotatable bonds is 4. The summed E-state index contributed by atoms with van der Waals surface area (Å²) in [6, 6.07) is 5.95. The second kappa shape index (κ2) is 7.06. The molecule has 7 nitrogen and oxygen atoms in total. The number of carbonyl (C=O) groups is 3. The van der Waals surface area contributed by atoms with E-state index in [-0.39, 0.29) is 11.8 Å². The monoisotopic (exact) mass is 368 g/mol. The highest BCUT2D eigenvalue weighted by Gasteiger charge is 2.43. The van der Waals surface area contributed by atoms with Crippen molar-refractivity contribution in [2.24, 2.45) is 0 Å². The number of aromatic amines is 1. The van der Waals surface area contributed by atoms with Gasteiger partial charge in [0.2, 0.25) is 5.91 Å². The van der Waals surface area contributed by atoms with Crippen LogP contribution in [0.25, 0.3) is 10.9 Å². The highest BCUT2D eigenvalue weighted by Crippen LogP contribution is 2.22. The van der Waals surface area contributed by atoms with Gasteiger partial charge >= 0.3 is 6.03 Å². The topological polar surface area (TPSA) is 85.5 Å². The van der Waals surface area contributed by atoms with Crippen molar-refractivity contribution in [3.63, 3.8) is 0 Å². The third kappa shape index (κ3) is 3.18. The van der Waals surface area contributed by atoms with Gasteiger partial charge in [-0.25, -0.2) is 4.79 Å². The molecule has 0 saturated carbocycles. The second-order valence-corrected chi connectivity index (χ2v) is 7.34. The molecule has 4 rings (SSSR count). The summed E-state index contributed by atoms with van der Waals surface area (Å²) in [5.41, 5.74) is 1.97. The minimum atomic E-state index is -0.774. The molecule has 1 aromatic heterocycles. The van der Waals surface area contributed by atoms with Crippen molar-refractivity contribution >= 4 is 28.7 Å². The van der Waals surface area contributed by atoms with Crippen molar-refractivity contribution in [3.8, 4) is 0 Å². The minimum absolute atomic E-state index is 0.147. The molecule has 7 heteroatoms. The van der Waals surface area contributed by atoms with Crippen molar-refractivity contribution in [2.75, 3.05) is 13.1 Å². The van der Waals surface area contributed by atoms with E-state index in [2.05, 4.69) is 10.3 Å². The predicted octanol–water partition coefficient (Wildman–Crippen LogP) is 2.03. The molecule has 142 valence electrons. The number of amides is 4. The largest absolute Gasteiger partial charge is 0.361 e. The van der Waals surface area contributed by atoms with Gasteiger partial charge < -0.3 is 15.2 Å². The fourth-order valence-corrected chi connectivity index (χ4v) is 4.06. The Morgan fingerprint density at radius 2 is 1.93 bits per heavy atom. The van der Waals surface area contributed by atoms with Crippen LogP contribution >= 0.6 is 0 Å². The number of nitrogens with zero attached hydrogens (tertiary/aromatic N) is 2. The Hall–Kier alpha value is -2.83. The van der Waals surface area contributed by atoms with Crippen molar-refractivity contribution in [1.82, 2.24) is 20.1 Å². The molecule has 0 bridgehead atoms. The highest BCUT2D eigenvalue weighted by molar-refractivity contribution is 6.07. The lowest BCUT2D eigenvalue weighted by atomic mass is 10.0. The van der Waals surface area contributed by atoms with Crippen molar-refractivity contribution < 1.29 is 14.4 Å². The summed E-state index contributed by atoms with van der Waals surface area (Å²) < 4.78 is 0. The van der Waals surface area contributed by atoms with Crippen LogP contribution in [0.1, 0.15) is 31.7 Å². The first kappa shape index (κ1) is 17.6. The van der Waals surface area contributed by atoms with Gasteiger partial charge in [-0.3, -0.25) is 14.5 Å². The van der Waals surface area contributed by atoms with Crippen LogP contribution in [0.4, 0.5) is 4.79 Å². The number of H-pyrrole nitrogens is 1. The molecule has 0 radical (unpaired) electrons. The van der Waals surface area contributed by atoms with E-state index in [1.165, 1.54) is 0 Å². The summed E-state index contributed by atoms with van der Waals surface area (Å²) in [4.78, 5) is 44.1. The molecule has 2 aliphatic heterocycles. The number of hydrogen-bond acceptors (Lipinski definition) is 3. The van der Waals surface area contributed by atoms with E-state index in [1.54, 1.807) is 11.8 Å². The van der Waals surface area contributed by atoms with E-state index in [0.29, 0.717) is 19.5 Å². The molecule has 2 aromatic rings. The molecule has 2 N–H and O–H groups in total. The summed E-state index contributed by atoms with van der Waals surface area (Å²) in [6.07, 6.45) is 5.34. The summed E-state index contributed by atoms with van der Waals surface area (Å²) in [6.45, 7) is 3.04. The Morgan fingerprint density at radius 3 is 2.70 bits per heavy atom. The summed E-state index contributed by atoms with van der Waals surface area (Å²) in [5, 5.41) is 3.79. The van der Waals surface area contributed by atoms with Crippen molar-refractivity contribution in [3.05, 3.63) is 36.0 Å². The molecule has 4 amide bonds. The van der Waals surface area contributed by atoms with E-state index in [4.69, 9.17) is 0 Å². The van der Waals surface area contributed by atoms with Crippen molar-refractivity contribution in [2.45, 2.75) is 44.7 Å². The zero-order valence-electron chi connectivity index (χ0n) is 15.4. The Labute approximate surface area is 157 Å². The predicted molar refractivity (Wildman–Crippen MR) is 101 cm³/mol. The molecule has 2 atom stereocenters. The molecular weight excluding hydrogens is 344 g/mol.